The molecule has 3 N–H and O–H groups in total. The minimum Gasteiger partial charge on any atom is -0.506 e. The molecule has 0 aromatic heterocycles. The van der Waals surface area contributed by atoms with Gasteiger partial charge in [0, 0.05) is 6.42 Å². The van der Waals surface area contributed by atoms with E-state index in [0.29, 0.717) is 6.42 Å². The molecule has 0 fully saturated rings. The Morgan fingerprint density at radius 2 is 1.43 bits per heavy atom. The minimum atomic E-state index is -1.09. The molecule has 0 unspecified atom stereocenters. The Balaban J connectivity index is 2.01. The number of rotatable bonds is 17. The highest BCUT2D eigenvalue weighted by Gasteiger charge is 2.10. The zero-order chi connectivity index (χ0) is 22.0. The van der Waals surface area contributed by atoms with Crippen molar-refractivity contribution in [2.45, 2.75) is 96.8 Å². The number of phenolic OH excluding ortho intramolecular Hbond substituents is 1. The molecule has 168 valence electrons. The first-order chi connectivity index (χ1) is 14.5. The Hall–Kier alpha value is -2.30. The van der Waals surface area contributed by atoms with Crippen molar-refractivity contribution >= 4 is 17.6 Å². The zero-order valence-electron chi connectivity index (χ0n) is 18.5. The fourth-order valence-corrected chi connectivity index (χ4v) is 3.34. The van der Waals surface area contributed by atoms with E-state index in [4.69, 9.17) is 5.11 Å². The largest absolute Gasteiger partial charge is 0.506 e. The van der Waals surface area contributed by atoms with Crippen molar-refractivity contribution in [1.82, 2.24) is 0 Å². The molecule has 0 heterocycles. The molecule has 0 aliphatic carbocycles. The highest BCUT2D eigenvalue weighted by molar-refractivity contribution is 5.95. The molecular weight excluding hydrogens is 378 g/mol. The zero-order valence-corrected chi connectivity index (χ0v) is 18.5. The molecule has 5 heteroatoms. The summed E-state index contributed by atoms with van der Waals surface area (Å²) in [6.07, 6.45) is 20.7. The van der Waals surface area contributed by atoms with Crippen LogP contribution in [0.3, 0.4) is 0 Å². The molecule has 0 bridgehead atoms. The van der Waals surface area contributed by atoms with Gasteiger partial charge in [-0.05, 0) is 50.3 Å². The number of amides is 1. The van der Waals surface area contributed by atoms with Crippen LogP contribution in [0.5, 0.6) is 5.75 Å². The van der Waals surface area contributed by atoms with Crippen LogP contribution in [0.2, 0.25) is 0 Å². The van der Waals surface area contributed by atoms with Crippen molar-refractivity contribution in [3.8, 4) is 5.75 Å². The summed E-state index contributed by atoms with van der Waals surface area (Å²) in [5.74, 6) is -1.42. The van der Waals surface area contributed by atoms with Crippen LogP contribution in [0.4, 0.5) is 5.69 Å². The van der Waals surface area contributed by atoms with E-state index in [1.54, 1.807) is 0 Å². The predicted molar refractivity (Wildman–Crippen MR) is 123 cm³/mol. The van der Waals surface area contributed by atoms with E-state index in [1.165, 1.54) is 76.0 Å². The molecule has 0 radical (unpaired) electrons. The molecule has 0 aliphatic heterocycles. The molecule has 0 spiro atoms. The molecule has 0 atom stereocenters. The van der Waals surface area contributed by atoms with Crippen LogP contribution in [0.1, 0.15) is 107 Å². The Morgan fingerprint density at radius 3 is 2.03 bits per heavy atom. The molecule has 1 aromatic rings. The molecule has 0 aliphatic rings. The molecule has 1 aromatic carbocycles. The van der Waals surface area contributed by atoms with Gasteiger partial charge in [-0.15, -0.1) is 0 Å². The Labute approximate surface area is 181 Å². The number of phenols is 1. The monoisotopic (exact) mass is 417 g/mol. The van der Waals surface area contributed by atoms with E-state index in [1.807, 2.05) is 0 Å². The third-order valence-corrected chi connectivity index (χ3v) is 5.18. The van der Waals surface area contributed by atoms with Crippen molar-refractivity contribution < 1.29 is 19.8 Å². The predicted octanol–water partition coefficient (Wildman–Crippen LogP) is 7.07. The summed E-state index contributed by atoms with van der Waals surface area (Å²) in [6.45, 7) is 2.25. The maximum atomic E-state index is 12.0. The van der Waals surface area contributed by atoms with Crippen LogP contribution in [0, 0.1) is 0 Å². The molecular formula is C25H39NO4. The molecule has 30 heavy (non-hydrogen) atoms. The van der Waals surface area contributed by atoms with E-state index < -0.39 is 5.97 Å². The highest BCUT2D eigenvalue weighted by Crippen LogP contribution is 2.24. The lowest BCUT2D eigenvalue weighted by atomic mass is 10.1. The van der Waals surface area contributed by atoms with Gasteiger partial charge in [0.2, 0.25) is 5.91 Å². The number of allylic oxidation sites excluding steroid dienone is 2. The van der Waals surface area contributed by atoms with Crippen molar-refractivity contribution in [1.29, 1.82) is 0 Å². The average Bonchev–Trinajstić information content (AvgIpc) is 2.72. The second kappa shape index (κ2) is 16.5. The number of carboxylic acid groups (broad SMARTS) is 1. The number of hydrogen-bond donors (Lipinski definition) is 3. The van der Waals surface area contributed by atoms with Crippen molar-refractivity contribution in [2.24, 2.45) is 0 Å². The van der Waals surface area contributed by atoms with Gasteiger partial charge in [-0.1, -0.05) is 70.4 Å². The fraction of sp³-hybridized carbons (Fsp3) is 0.600. The number of aromatic carboxylic acids is 1. The minimum absolute atomic E-state index is 0.0316. The number of carbonyl (C=O) groups excluding carboxylic acids is 1. The first-order valence-electron chi connectivity index (χ1n) is 11.6. The van der Waals surface area contributed by atoms with Crippen LogP contribution >= 0.6 is 0 Å². The van der Waals surface area contributed by atoms with Crippen molar-refractivity contribution in [3.63, 3.8) is 0 Å². The lowest BCUT2D eigenvalue weighted by Crippen LogP contribution is -2.12. The lowest BCUT2D eigenvalue weighted by Gasteiger charge is -2.08. The summed E-state index contributed by atoms with van der Waals surface area (Å²) in [5, 5.41) is 21.3. The molecule has 5 nitrogen and oxygen atoms in total. The lowest BCUT2D eigenvalue weighted by molar-refractivity contribution is -0.116. The van der Waals surface area contributed by atoms with Crippen molar-refractivity contribution in [3.05, 3.63) is 35.9 Å². The number of carboxylic acids is 1. The number of nitrogens with one attached hydrogen (secondary N) is 1. The van der Waals surface area contributed by atoms with E-state index in [2.05, 4.69) is 24.4 Å². The number of benzene rings is 1. The average molecular weight is 418 g/mol. The van der Waals surface area contributed by atoms with Gasteiger partial charge >= 0.3 is 5.97 Å². The van der Waals surface area contributed by atoms with Gasteiger partial charge in [-0.3, -0.25) is 4.79 Å². The number of carbonyl (C=O) groups is 2. The summed E-state index contributed by atoms with van der Waals surface area (Å²) in [6, 6.07) is 3.85. The van der Waals surface area contributed by atoms with Crippen LogP contribution in [-0.2, 0) is 4.79 Å². The first kappa shape index (κ1) is 25.7. The molecule has 1 rings (SSSR count). The number of anilines is 1. The summed E-state index contributed by atoms with van der Waals surface area (Å²) in [7, 11) is 0. The standard InChI is InChI=1S/C25H39NO4/c1-2-3-4-5-6-7-8-9-10-11-12-13-14-15-16-17-24(28)26-22-20-21(25(29)30)18-19-23(22)27/h9-10,18-20,27H,2-8,11-17H2,1H3,(H,26,28)(H,29,30)/b10-9-. The maximum absolute atomic E-state index is 12.0. The van der Waals surface area contributed by atoms with Crippen LogP contribution in [-0.4, -0.2) is 22.1 Å². The first-order valence-corrected chi connectivity index (χ1v) is 11.6. The third-order valence-electron chi connectivity index (χ3n) is 5.18. The van der Waals surface area contributed by atoms with Gasteiger partial charge in [0.1, 0.15) is 5.75 Å². The van der Waals surface area contributed by atoms with Gasteiger partial charge in [0.15, 0.2) is 0 Å². The Bertz CT molecular complexity index is 655. The highest BCUT2D eigenvalue weighted by atomic mass is 16.4. The molecule has 0 saturated carbocycles. The number of unbranched alkanes of at least 4 members (excludes halogenated alkanes) is 11. The maximum Gasteiger partial charge on any atom is 0.335 e. The van der Waals surface area contributed by atoms with Crippen LogP contribution in [0.25, 0.3) is 0 Å². The SMILES string of the molecule is CCCCCCCC/C=C\CCCCCCCC(=O)Nc1cc(C(=O)O)ccc1O. The normalized spacial score (nSPS) is 11.1. The summed E-state index contributed by atoms with van der Waals surface area (Å²) < 4.78 is 0. The number of aromatic hydroxyl groups is 1. The quantitative estimate of drug-likeness (QED) is 0.144. The van der Waals surface area contributed by atoms with Gasteiger partial charge in [-0.2, -0.15) is 0 Å². The summed E-state index contributed by atoms with van der Waals surface area (Å²) in [4.78, 5) is 23.0. The second-order valence-corrected chi connectivity index (χ2v) is 7.92. The Kier molecular flexibility index (Phi) is 14.1. The van der Waals surface area contributed by atoms with E-state index >= 15 is 0 Å². The number of hydrogen-bond acceptors (Lipinski definition) is 3. The van der Waals surface area contributed by atoms with Crippen molar-refractivity contribution in [2.75, 3.05) is 5.32 Å². The summed E-state index contributed by atoms with van der Waals surface area (Å²) in [5.41, 5.74) is 0.178. The topological polar surface area (TPSA) is 86.6 Å². The molecule has 1 amide bonds. The summed E-state index contributed by atoms with van der Waals surface area (Å²) >= 11 is 0. The van der Waals surface area contributed by atoms with Crippen LogP contribution in [0.15, 0.2) is 30.4 Å². The second-order valence-electron chi connectivity index (χ2n) is 7.92. The fourth-order valence-electron chi connectivity index (χ4n) is 3.34. The van der Waals surface area contributed by atoms with Gasteiger partial charge < -0.3 is 15.5 Å². The Morgan fingerprint density at radius 1 is 0.867 bits per heavy atom. The van der Waals surface area contributed by atoms with Gasteiger partial charge in [0.25, 0.3) is 0 Å². The van der Waals surface area contributed by atoms with E-state index in [0.717, 1.165) is 25.7 Å². The van der Waals surface area contributed by atoms with Gasteiger partial charge in [0.05, 0.1) is 11.3 Å². The molecule has 0 saturated heterocycles. The van der Waals surface area contributed by atoms with E-state index in [9.17, 15) is 14.7 Å². The van der Waals surface area contributed by atoms with Gasteiger partial charge in [-0.25, -0.2) is 4.79 Å². The smallest absolute Gasteiger partial charge is 0.335 e. The van der Waals surface area contributed by atoms with E-state index in [-0.39, 0.29) is 22.9 Å². The third kappa shape index (κ3) is 12.3. The van der Waals surface area contributed by atoms with Crippen LogP contribution < -0.4 is 5.32 Å².